The number of para-hydroxylation sites is 1. The molecule has 2 aromatic carbocycles. The van der Waals surface area contributed by atoms with Gasteiger partial charge in [-0.3, -0.25) is 9.59 Å². The molecule has 0 spiro atoms. The van der Waals surface area contributed by atoms with Gasteiger partial charge >= 0.3 is 5.97 Å². The van der Waals surface area contributed by atoms with Gasteiger partial charge in [0.25, 0.3) is 5.91 Å². The third-order valence-corrected chi connectivity index (χ3v) is 4.40. The highest BCUT2D eigenvalue weighted by Gasteiger charge is 2.19. The number of benzene rings is 2. The zero-order chi connectivity index (χ0) is 21.0. The monoisotopic (exact) mass is 391 g/mol. The van der Waals surface area contributed by atoms with Crippen molar-refractivity contribution >= 4 is 17.8 Å². The number of ether oxygens (including phenoxy) is 1. The van der Waals surface area contributed by atoms with Crippen LogP contribution in [0.5, 0.6) is 5.75 Å². The zero-order valence-corrected chi connectivity index (χ0v) is 16.1. The predicted octanol–water partition coefficient (Wildman–Crippen LogP) is 2.53. The number of nitrogens with two attached hydrogens (primary N) is 1. The number of hydrogen-bond acceptors (Lipinski definition) is 4. The van der Waals surface area contributed by atoms with Crippen molar-refractivity contribution in [2.24, 2.45) is 5.73 Å². The van der Waals surface area contributed by atoms with Gasteiger partial charge < -0.3 is 20.4 Å². The fourth-order valence-electron chi connectivity index (χ4n) is 3.08. The molecule has 1 aromatic heterocycles. The number of carbonyl (C=O) groups excluding carboxylic acids is 3. The Bertz CT molecular complexity index is 1070. The maximum absolute atomic E-state index is 12.7. The minimum atomic E-state index is -0.644. The Morgan fingerprint density at radius 1 is 1.00 bits per heavy atom. The van der Waals surface area contributed by atoms with Crippen LogP contribution in [0.2, 0.25) is 0 Å². The van der Waals surface area contributed by atoms with E-state index in [4.69, 9.17) is 10.5 Å². The predicted molar refractivity (Wildman–Crippen MR) is 108 cm³/mol. The van der Waals surface area contributed by atoms with Crippen molar-refractivity contribution < 1.29 is 19.1 Å². The Morgan fingerprint density at radius 3 is 2.41 bits per heavy atom. The number of primary amides is 1. The summed E-state index contributed by atoms with van der Waals surface area (Å²) in [5.41, 5.74) is 8.33. The van der Waals surface area contributed by atoms with E-state index in [1.807, 2.05) is 48.7 Å². The number of hydrogen-bond donors (Lipinski definition) is 2. The van der Waals surface area contributed by atoms with Crippen LogP contribution in [0, 0.1) is 13.8 Å². The molecule has 3 aromatic rings. The van der Waals surface area contributed by atoms with E-state index in [2.05, 4.69) is 5.32 Å². The van der Waals surface area contributed by atoms with Crippen LogP contribution in [0.3, 0.4) is 0 Å². The summed E-state index contributed by atoms with van der Waals surface area (Å²) >= 11 is 0. The fourth-order valence-corrected chi connectivity index (χ4v) is 3.08. The number of nitrogens with one attached hydrogen (secondary N) is 1. The van der Waals surface area contributed by atoms with Crippen molar-refractivity contribution in [3.05, 3.63) is 83.2 Å². The van der Waals surface area contributed by atoms with Crippen molar-refractivity contribution in [2.45, 2.75) is 13.8 Å². The number of rotatable bonds is 6. The molecule has 29 heavy (non-hydrogen) atoms. The van der Waals surface area contributed by atoms with Gasteiger partial charge in [-0.2, -0.15) is 0 Å². The van der Waals surface area contributed by atoms with Crippen LogP contribution in [0.25, 0.3) is 5.69 Å². The first-order valence-corrected chi connectivity index (χ1v) is 9.00. The number of carbonyl (C=O) groups is 3. The molecular formula is C22H21N3O4. The van der Waals surface area contributed by atoms with Crippen LogP contribution in [0.1, 0.15) is 32.1 Å². The number of esters is 1. The lowest BCUT2D eigenvalue weighted by Crippen LogP contribution is -2.33. The molecular weight excluding hydrogens is 370 g/mol. The third-order valence-electron chi connectivity index (χ3n) is 4.40. The summed E-state index contributed by atoms with van der Waals surface area (Å²) in [6.45, 7) is 3.50. The second kappa shape index (κ2) is 8.43. The smallest absolute Gasteiger partial charge is 0.345 e. The maximum atomic E-state index is 12.7. The third kappa shape index (κ3) is 4.52. The Morgan fingerprint density at radius 2 is 1.72 bits per heavy atom. The van der Waals surface area contributed by atoms with Gasteiger partial charge in [0.05, 0.1) is 12.1 Å². The van der Waals surface area contributed by atoms with Gasteiger partial charge in [-0.25, -0.2) is 4.79 Å². The minimum absolute atomic E-state index is 0.228. The molecule has 0 radical (unpaired) electrons. The largest absolute Gasteiger partial charge is 0.423 e. The molecule has 2 amide bonds. The SMILES string of the molecule is Cc1cc(C(=O)Oc2cccc(C(=O)NCC(N)=O)c2)c(C)n1-c1ccccc1. The number of nitrogens with zero attached hydrogens (tertiary/aromatic N) is 1. The Balaban J connectivity index is 1.80. The molecule has 0 atom stereocenters. The molecule has 0 bridgehead atoms. The van der Waals surface area contributed by atoms with Crippen molar-refractivity contribution in [3.63, 3.8) is 0 Å². The molecule has 1 heterocycles. The summed E-state index contributed by atoms with van der Waals surface area (Å²) in [6.07, 6.45) is 0. The van der Waals surface area contributed by atoms with Crippen molar-refractivity contribution in [2.75, 3.05) is 6.54 Å². The minimum Gasteiger partial charge on any atom is -0.423 e. The first-order chi connectivity index (χ1) is 13.9. The van der Waals surface area contributed by atoms with E-state index in [0.29, 0.717) is 5.56 Å². The van der Waals surface area contributed by atoms with Crippen LogP contribution in [0.4, 0.5) is 0 Å². The van der Waals surface area contributed by atoms with Crippen LogP contribution in [0.15, 0.2) is 60.7 Å². The standard InChI is InChI=1S/C22H21N3O4/c1-14-11-19(15(2)25(14)17-8-4-3-5-9-17)22(28)29-18-10-6-7-16(12-18)21(27)24-13-20(23)26/h3-12H,13H2,1-2H3,(H2,23,26)(H,24,27). The van der Waals surface area contributed by atoms with E-state index in [1.54, 1.807) is 24.3 Å². The summed E-state index contributed by atoms with van der Waals surface area (Å²) in [4.78, 5) is 35.6. The molecule has 7 nitrogen and oxygen atoms in total. The zero-order valence-electron chi connectivity index (χ0n) is 16.1. The molecule has 0 fully saturated rings. The van der Waals surface area contributed by atoms with Gasteiger partial charge in [0.2, 0.25) is 5.91 Å². The second-order valence-corrected chi connectivity index (χ2v) is 6.52. The van der Waals surface area contributed by atoms with Crippen LogP contribution in [-0.4, -0.2) is 28.9 Å². The highest BCUT2D eigenvalue weighted by molar-refractivity contribution is 5.97. The molecule has 0 saturated carbocycles. The first-order valence-electron chi connectivity index (χ1n) is 9.00. The van der Waals surface area contributed by atoms with Gasteiger partial charge in [0, 0.05) is 22.6 Å². The van der Waals surface area contributed by atoms with Gasteiger partial charge in [-0.05, 0) is 50.2 Å². The van der Waals surface area contributed by atoms with E-state index in [1.165, 1.54) is 6.07 Å². The molecule has 0 saturated heterocycles. The molecule has 0 aliphatic heterocycles. The quantitative estimate of drug-likeness (QED) is 0.498. The number of amides is 2. The lowest BCUT2D eigenvalue weighted by Gasteiger charge is -2.10. The van der Waals surface area contributed by atoms with Gasteiger partial charge in [0.1, 0.15) is 5.75 Å². The van der Waals surface area contributed by atoms with Crippen molar-refractivity contribution in [1.29, 1.82) is 0 Å². The Hall–Kier alpha value is -3.87. The first kappa shape index (κ1) is 19.9. The van der Waals surface area contributed by atoms with Crippen molar-refractivity contribution in [3.8, 4) is 11.4 Å². The number of aryl methyl sites for hydroxylation is 1. The van der Waals surface area contributed by atoms with Crippen LogP contribution >= 0.6 is 0 Å². The van der Waals surface area contributed by atoms with Crippen LogP contribution in [-0.2, 0) is 4.79 Å². The molecule has 3 rings (SSSR count). The Labute approximate surface area is 168 Å². The average molecular weight is 391 g/mol. The van der Waals surface area contributed by atoms with E-state index >= 15 is 0 Å². The topological polar surface area (TPSA) is 103 Å². The normalized spacial score (nSPS) is 10.4. The van der Waals surface area contributed by atoms with Gasteiger partial charge in [-0.1, -0.05) is 24.3 Å². The molecule has 0 aliphatic carbocycles. The second-order valence-electron chi connectivity index (χ2n) is 6.52. The summed E-state index contributed by atoms with van der Waals surface area (Å²) < 4.78 is 7.45. The van der Waals surface area contributed by atoms with E-state index < -0.39 is 17.8 Å². The van der Waals surface area contributed by atoms with Gasteiger partial charge in [-0.15, -0.1) is 0 Å². The average Bonchev–Trinajstić information content (AvgIpc) is 3.01. The van der Waals surface area contributed by atoms with Crippen LogP contribution < -0.4 is 15.8 Å². The fraction of sp³-hybridized carbons (Fsp3) is 0.136. The summed E-state index contributed by atoms with van der Waals surface area (Å²) in [5, 5.41) is 2.39. The van der Waals surface area contributed by atoms with E-state index in [0.717, 1.165) is 17.1 Å². The molecule has 3 N–H and O–H groups in total. The lowest BCUT2D eigenvalue weighted by atomic mass is 10.2. The summed E-state index contributed by atoms with van der Waals surface area (Å²) in [5.74, 6) is -1.42. The highest BCUT2D eigenvalue weighted by Crippen LogP contribution is 2.23. The molecule has 0 aliphatic rings. The van der Waals surface area contributed by atoms with E-state index in [9.17, 15) is 14.4 Å². The summed E-state index contributed by atoms with van der Waals surface area (Å²) in [7, 11) is 0. The Kier molecular flexibility index (Phi) is 5.78. The number of aromatic nitrogens is 1. The van der Waals surface area contributed by atoms with Crippen molar-refractivity contribution in [1.82, 2.24) is 9.88 Å². The lowest BCUT2D eigenvalue weighted by molar-refractivity contribution is -0.117. The summed E-state index contributed by atoms with van der Waals surface area (Å²) in [6, 6.07) is 17.6. The molecule has 148 valence electrons. The van der Waals surface area contributed by atoms with E-state index in [-0.39, 0.29) is 17.9 Å². The van der Waals surface area contributed by atoms with Gasteiger partial charge in [0.15, 0.2) is 0 Å². The maximum Gasteiger partial charge on any atom is 0.345 e. The molecule has 0 unspecified atom stereocenters. The molecule has 7 heteroatoms. The highest BCUT2D eigenvalue weighted by atomic mass is 16.5.